The van der Waals surface area contributed by atoms with Gasteiger partial charge in [-0.05, 0) is 42.2 Å². The molecule has 2 aromatic heterocycles. The lowest BCUT2D eigenvalue weighted by Gasteiger charge is -2.12. The number of anilines is 1. The minimum absolute atomic E-state index is 0.113. The number of hydrogen-bond donors (Lipinski definition) is 2. The van der Waals surface area contributed by atoms with Gasteiger partial charge in [0.15, 0.2) is 5.65 Å². The van der Waals surface area contributed by atoms with Crippen LogP contribution >= 0.6 is 11.6 Å². The second-order valence-electron chi connectivity index (χ2n) is 7.16. The Bertz CT molecular complexity index is 1450. The van der Waals surface area contributed by atoms with Gasteiger partial charge in [0.1, 0.15) is 13.7 Å². The van der Waals surface area contributed by atoms with Crippen LogP contribution in [0.3, 0.4) is 0 Å². The molecule has 0 atom stereocenters. The normalized spacial score (nSPS) is 11.4. The Hall–Kier alpha value is -3.39. The molecule has 4 aromatic rings. The van der Waals surface area contributed by atoms with Crippen molar-refractivity contribution >= 4 is 46.4 Å². The number of nitrogens with one attached hydrogen (secondary N) is 2. The third-order valence-electron chi connectivity index (χ3n) is 4.89. The Morgan fingerprint density at radius 1 is 1.12 bits per heavy atom. The van der Waals surface area contributed by atoms with E-state index in [1.165, 1.54) is 30.5 Å². The molecule has 164 valence electrons. The van der Waals surface area contributed by atoms with Crippen molar-refractivity contribution < 1.29 is 8.42 Å². The van der Waals surface area contributed by atoms with Crippen LogP contribution in [0.4, 0.5) is 5.82 Å². The molecule has 0 aliphatic heterocycles. The van der Waals surface area contributed by atoms with Crippen molar-refractivity contribution in [1.29, 1.82) is 5.26 Å². The molecule has 4 rings (SSSR count). The van der Waals surface area contributed by atoms with Crippen molar-refractivity contribution in [3.05, 3.63) is 71.4 Å². The molecule has 2 radical (unpaired) electrons. The molecule has 33 heavy (non-hydrogen) atoms. The number of halogens is 1. The quantitative estimate of drug-likeness (QED) is 0.298. The maximum Gasteiger partial charge on any atom is 0.240 e. The van der Waals surface area contributed by atoms with Crippen LogP contribution in [0.5, 0.6) is 0 Å². The predicted octanol–water partition coefficient (Wildman–Crippen LogP) is 2.50. The van der Waals surface area contributed by atoms with E-state index in [0.717, 1.165) is 5.56 Å². The zero-order valence-electron chi connectivity index (χ0n) is 17.4. The zero-order valence-corrected chi connectivity index (χ0v) is 18.9. The van der Waals surface area contributed by atoms with Gasteiger partial charge in [-0.25, -0.2) is 18.1 Å². The molecule has 0 bridgehead atoms. The minimum atomic E-state index is -3.66. The topological polar surface area (TPSA) is 112 Å². The lowest BCUT2D eigenvalue weighted by Crippen LogP contribution is -2.26. The van der Waals surface area contributed by atoms with Crippen LogP contribution in [0.15, 0.2) is 65.7 Å². The third-order valence-corrected chi connectivity index (χ3v) is 6.70. The number of nitriles is 1. The van der Waals surface area contributed by atoms with Gasteiger partial charge in [-0.3, -0.25) is 0 Å². The first-order chi connectivity index (χ1) is 15.9. The largest absolute Gasteiger partial charge is 0.370 e. The minimum Gasteiger partial charge on any atom is -0.370 e. The lowest BCUT2D eigenvalue weighted by atomic mass is 10.0. The third kappa shape index (κ3) is 5.01. The van der Waals surface area contributed by atoms with Gasteiger partial charge < -0.3 is 5.32 Å². The van der Waals surface area contributed by atoms with Crippen LogP contribution in [-0.2, 0) is 10.0 Å². The summed E-state index contributed by atoms with van der Waals surface area (Å²) < 4.78 is 29.0. The summed E-state index contributed by atoms with van der Waals surface area (Å²) in [7, 11) is 2.37. The highest BCUT2D eigenvalue weighted by Crippen LogP contribution is 2.28. The molecule has 0 fully saturated rings. The van der Waals surface area contributed by atoms with E-state index in [2.05, 4.69) is 20.1 Å². The standard InChI is InChI=1S/C22H18BClN6O2S/c23-18-14-27-30-21(12-20(29-22(18)30)17-4-1-2-5-19(17)24)26-10-3-11-28-33(31,32)16-8-6-15(13-25)7-9-16/h1-2,4-9,12,14,26,28H,3,10-11H2. The summed E-state index contributed by atoms with van der Waals surface area (Å²) in [6.07, 6.45) is 2.03. The van der Waals surface area contributed by atoms with Crippen LogP contribution < -0.4 is 15.5 Å². The second-order valence-corrected chi connectivity index (χ2v) is 9.33. The summed E-state index contributed by atoms with van der Waals surface area (Å²) in [5, 5.41) is 16.9. The molecule has 0 saturated carbocycles. The molecule has 0 unspecified atom stereocenters. The van der Waals surface area contributed by atoms with Gasteiger partial charge in [0, 0.05) is 35.9 Å². The lowest BCUT2D eigenvalue weighted by molar-refractivity contribution is 0.580. The number of rotatable bonds is 8. The van der Waals surface area contributed by atoms with E-state index in [1.807, 2.05) is 30.3 Å². The molecule has 11 heteroatoms. The van der Waals surface area contributed by atoms with Crippen LogP contribution in [0, 0.1) is 11.3 Å². The van der Waals surface area contributed by atoms with Gasteiger partial charge in [-0.1, -0.05) is 29.8 Å². The predicted molar refractivity (Wildman–Crippen MR) is 128 cm³/mol. The van der Waals surface area contributed by atoms with Gasteiger partial charge >= 0.3 is 0 Å². The number of nitrogens with zero attached hydrogens (tertiary/aromatic N) is 4. The average Bonchev–Trinajstić information content (AvgIpc) is 3.20. The summed E-state index contributed by atoms with van der Waals surface area (Å²) in [6, 6.07) is 16.9. The van der Waals surface area contributed by atoms with E-state index in [4.69, 9.17) is 24.7 Å². The second kappa shape index (κ2) is 9.62. The van der Waals surface area contributed by atoms with E-state index in [9.17, 15) is 8.42 Å². The fourth-order valence-electron chi connectivity index (χ4n) is 3.22. The summed E-state index contributed by atoms with van der Waals surface area (Å²) >= 11 is 6.34. The summed E-state index contributed by atoms with van der Waals surface area (Å²) in [6.45, 7) is 0.693. The Balaban J connectivity index is 1.44. The molecule has 0 saturated heterocycles. The molecular weight excluding hydrogens is 459 g/mol. The Morgan fingerprint density at radius 2 is 1.88 bits per heavy atom. The smallest absolute Gasteiger partial charge is 0.240 e. The molecule has 2 N–H and O–H groups in total. The maximum atomic E-state index is 12.4. The molecule has 0 spiro atoms. The molecule has 0 amide bonds. The zero-order chi connectivity index (χ0) is 23.4. The van der Waals surface area contributed by atoms with Gasteiger partial charge in [0.2, 0.25) is 10.0 Å². The average molecular weight is 477 g/mol. The molecule has 2 heterocycles. The summed E-state index contributed by atoms with van der Waals surface area (Å²) in [5.74, 6) is 0.654. The van der Waals surface area contributed by atoms with E-state index < -0.39 is 10.0 Å². The molecular formula is C22H18BClN6O2S. The van der Waals surface area contributed by atoms with Crippen LogP contribution in [0.1, 0.15) is 12.0 Å². The first-order valence-corrected chi connectivity index (χ1v) is 11.9. The molecule has 8 nitrogen and oxygen atoms in total. The molecule has 2 aromatic carbocycles. The summed E-state index contributed by atoms with van der Waals surface area (Å²) in [5.41, 5.74) is 2.74. The highest BCUT2D eigenvalue weighted by molar-refractivity contribution is 7.89. The molecule has 0 aliphatic carbocycles. The van der Waals surface area contributed by atoms with Crippen molar-refractivity contribution in [3.8, 4) is 17.3 Å². The molecule has 0 aliphatic rings. The fourth-order valence-corrected chi connectivity index (χ4v) is 4.52. The van der Waals surface area contributed by atoms with Gasteiger partial charge in [-0.2, -0.15) is 14.9 Å². The highest BCUT2D eigenvalue weighted by atomic mass is 35.5. The monoisotopic (exact) mass is 476 g/mol. The van der Waals surface area contributed by atoms with E-state index in [1.54, 1.807) is 10.6 Å². The Kier molecular flexibility index (Phi) is 6.65. The van der Waals surface area contributed by atoms with Crippen LogP contribution in [0.2, 0.25) is 5.02 Å². The maximum absolute atomic E-state index is 12.4. The highest BCUT2D eigenvalue weighted by Gasteiger charge is 2.14. The van der Waals surface area contributed by atoms with Crippen molar-refractivity contribution in [2.24, 2.45) is 0 Å². The Morgan fingerprint density at radius 3 is 2.61 bits per heavy atom. The van der Waals surface area contributed by atoms with Crippen molar-refractivity contribution in [2.75, 3.05) is 18.4 Å². The first kappa shape index (κ1) is 22.8. The SMILES string of the molecule is [B]c1cnn2c(NCCCNS(=O)(=O)c3ccc(C#N)cc3)cc(-c3ccccc3Cl)nc12. The van der Waals surface area contributed by atoms with Crippen molar-refractivity contribution in [2.45, 2.75) is 11.3 Å². The van der Waals surface area contributed by atoms with E-state index >= 15 is 0 Å². The Labute approximate surface area is 197 Å². The van der Waals surface area contributed by atoms with Gasteiger partial charge in [0.25, 0.3) is 0 Å². The van der Waals surface area contributed by atoms with Gasteiger partial charge in [-0.15, -0.1) is 0 Å². The number of hydrogen-bond acceptors (Lipinski definition) is 6. The number of sulfonamides is 1. The van der Waals surface area contributed by atoms with Gasteiger partial charge in [0.05, 0.1) is 22.2 Å². The van der Waals surface area contributed by atoms with Crippen molar-refractivity contribution in [3.63, 3.8) is 0 Å². The fraction of sp³-hybridized carbons (Fsp3) is 0.136. The van der Waals surface area contributed by atoms with E-state index in [-0.39, 0.29) is 11.4 Å². The van der Waals surface area contributed by atoms with Crippen LogP contribution in [0.25, 0.3) is 16.9 Å². The van der Waals surface area contributed by atoms with Crippen LogP contribution in [-0.4, -0.2) is 44.0 Å². The summed E-state index contributed by atoms with van der Waals surface area (Å²) in [4.78, 5) is 4.70. The number of benzene rings is 2. The first-order valence-electron chi connectivity index (χ1n) is 10.0. The number of aromatic nitrogens is 3. The number of fused-ring (bicyclic) bond motifs is 1. The van der Waals surface area contributed by atoms with E-state index in [0.29, 0.717) is 46.2 Å². The van der Waals surface area contributed by atoms with Crippen molar-refractivity contribution in [1.82, 2.24) is 19.3 Å².